The first-order valence-electron chi connectivity index (χ1n) is 7.99. The molecule has 0 aliphatic carbocycles. The third kappa shape index (κ3) is 3.52. The molecule has 0 bridgehead atoms. The van der Waals surface area contributed by atoms with Crippen molar-refractivity contribution in [3.8, 4) is 0 Å². The van der Waals surface area contributed by atoms with E-state index in [9.17, 15) is 9.18 Å². The largest absolute Gasteiger partial charge is 0.381 e. The summed E-state index contributed by atoms with van der Waals surface area (Å²) in [6, 6.07) is 6.36. The summed E-state index contributed by atoms with van der Waals surface area (Å²) in [6.07, 6.45) is 2.28. The van der Waals surface area contributed by atoms with Crippen LogP contribution in [0, 0.1) is 11.7 Å². The van der Waals surface area contributed by atoms with Crippen molar-refractivity contribution in [1.29, 1.82) is 0 Å². The number of ether oxygens (including phenoxy) is 1. The first kappa shape index (κ1) is 18.2. The molecule has 4 nitrogen and oxygen atoms in total. The van der Waals surface area contributed by atoms with Crippen LogP contribution in [-0.4, -0.2) is 43.7 Å². The molecule has 2 heterocycles. The predicted molar refractivity (Wildman–Crippen MR) is 89.1 cm³/mol. The maximum absolute atomic E-state index is 13.2. The van der Waals surface area contributed by atoms with Crippen LogP contribution in [-0.2, 0) is 14.9 Å². The van der Waals surface area contributed by atoms with Crippen molar-refractivity contribution in [3.05, 3.63) is 35.6 Å². The van der Waals surface area contributed by atoms with E-state index in [0.29, 0.717) is 38.5 Å². The number of hydrogen-bond donors (Lipinski definition) is 1. The smallest absolute Gasteiger partial charge is 0.233 e. The van der Waals surface area contributed by atoms with Crippen molar-refractivity contribution in [2.45, 2.75) is 24.7 Å². The molecule has 1 aromatic rings. The molecule has 2 N–H and O–H groups in total. The fraction of sp³-hybridized carbons (Fsp3) is 0.588. The molecule has 1 unspecified atom stereocenters. The maximum Gasteiger partial charge on any atom is 0.233 e. The lowest BCUT2D eigenvalue weighted by atomic mass is 9.73. The topological polar surface area (TPSA) is 55.6 Å². The van der Waals surface area contributed by atoms with Crippen LogP contribution in [0.2, 0.25) is 0 Å². The molecule has 3 rings (SSSR count). The highest BCUT2D eigenvalue weighted by Crippen LogP contribution is 2.38. The molecule has 6 heteroatoms. The highest BCUT2D eigenvalue weighted by molar-refractivity contribution is 5.88. The van der Waals surface area contributed by atoms with Crippen LogP contribution < -0.4 is 5.73 Å². The van der Waals surface area contributed by atoms with Crippen molar-refractivity contribution in [2.75, 3.05) is 32.8 Å². The van der Waals surface area contributed by atoms with Gasteiger partial charge in [-0.1, -0.05) is 12.1 Å². The van der Waals surface area contributed by atoms with E-state index in [1.807, 2.05) is 4.90 Å². The second kappa shape index (κ2) is 7.60. The van der Waals surface area contributed by atoms with Gasteiger partial charge < -0.3 is 15.4 Å². The lowest BCUT2D eigenvalue weighted by Gasteiger charge is -2.39. The summed E-state index contributed by atoms with van der Waals surface area (Å²) < 4.78 is 18.7. The molecule has 1 atom stereocenters. The fourth-order valence-electron chi connectivity index (χ4n) is 3.63. The summed E-state index contributed by atoms with van der Waals surface area (Å²) >= 11 is 0. The summed E-state index contributed by atoms with van der Waals surface area (Å²) in [4.78, 5) is 15.1. The summed E-state index contributed by atoms with van der Waals surface area (Å²) in [5.41, 5.74) is 6.06. The average Bonchev–Trinajstić information content (AvgIpc) is 3.04. The number of hydrogen-bond acceptors (Lipinski definition) is 3. The second-order valence-electron chi connectivity index (χ2n) is 6.34. The van der Waals surface area contributed by atoms with E-state index in [0.717, 1.165) is 25.1 Å². The van der Waals surface area contributed by atoms with Crippen molar-refractivity contribution >= 4 is 18.3 Å². The summed E-state index contributed by atoms with van der Waals surface area (Å²) in [5.74, 6) is 0.273. The third-order valence-electron chi connectivity index (χ3n) is 5.06. The van der Waals surface area contributed by atoms with Gasteiger partial charge in [0.25, 0.3) is 0 Å². The van der Waals surface area contributed by atoms with Crippen LogP contribution in [0.5, 0.6) is 0 Å². The molecule has 2 fully saturated rings. The number of likely N-dealkylation sites (tertiary alicyclic amines) is 1. The highest BCUT2D eigenvalue weighted by atomic mass is 35.5. The van der Waals surface area contributed by atoms with Crippen LogP contribution in [0.3, 0.4) is 0 Å². The van der Waals surface area contributed by atoms with Gasteiger partial charge in [0.05, 0.1) is 5.41 Å². The minimum Gasteiger partial charge on any atom is -0.381 e. The van der Waals surface area contributed by atoms with Gasteiger partial charge in [0, 0.05) is 26.3 Å². The quantitative estimate of drug-likeness (QED) is 0.915. The Bertz CT molecular complexity index is 532. The van der Waals surface area contributed by atoms with E-state index in [4.69, 9.17) is 10.5 Å². The lowest BCUT2D eigenvalue weighted by Crippen LogP contribution is -2.49. The molecule has 2 aliphatic rings. The van der Waals surface area contributed by atoms with Crippen LogP contribution in [0.25, 0.3) is 0 Å². The molecule has 0 spiro atoms. The molecule has 2 saturated heterocycles. The molecule has 0 aromatic heterocycles. The second-order valence-corrected chi connectivity index (χ2v) is 6.34. The number of nitrogens with two attached hydrogens (primary N) is 1. The Hall–Kier alpha value is -1.17. The Labute approximate surface area is 142 Å². The zero-order valence-electron chi connectivity index (χ0n) is 13.2. The van der Waals surface area contributed by atoms with Crippen LogP contribution in [0.1, 0.15) is 24.8 Å². The van der Waals surface area contributed by atoms with Crippen molar-refractivity contribution in [3.63, 3.8) is 0 Å². The van der Waals surface area contributed by atoms with Gasteiger partial charge >= 0.3 is 0 Å². The lowest BCUT2D eigenvalue weighted by molar-refractivity contribution is -0.140. The van der Waals surface area contributed by atoms with Gasteiger partial charge in [-0.2, -0.15) is 0 Å². The van der Waals surface area contributed by atoms with Crippen LogP contribution in [0.15, 0.2) is 24.3 Å². The molecular formula is C17H24ClFN2O2. The number of rotatable bonds is 3. The van der Waals surface area contributed by atoms with E-state index in [2.05, 4.69) is 0 Å². The molecule has 128 valence electrons. The predicted octanol–water partition coefficient (Wildman–Crippen LogP) is 2.10. The fourth-order valence-corrected chi connectivity index (χ4v) is 3.63. The van der Waals surface area contributed by atoms with Gasteiger partial charge in [-0.25, -0.2) is 4.39 Å². The van der Waals surface area contributed by atoms with Gasteiger partial charge in [-0.05, 0) is 49.4 Å². The number of amides is 1. The molecule has 1 amide bonds. The van der Waals surface area contributed by atoms with E-state index >= 15 is 0 Å². The first-order chi connectivity index (χ1) is 10.7. The normalized spacial score (nSPS) is 23.4. The Balaban J connectivity index is 0.00000192. The monoisotopic (exact) mass is 342 g/mol. The molecule has 1 aromatic carbocycles. The Morgan fingerprint density at radius 3 is 2.52 bits per heavy atom. The van der Waals surface area contributed by atoms with Crippen LogP contribution >= 0.6 is 12.4 Å². The Morgan fingerprint density at radius 2 is 1.96 bits per heavy atom. The first-order valence-corrected chi connectivity index (χ1v) is 7.99. The van der Waals surface area contributed by atoms with Crippen LogP contribution in [0.4, 0.5) is 4.39 Å². The summed E-state index contributed by atoms with van der Waals surface area (Å²) in [6.45, 7) is 3.26. The minimum atomic E-state index is -0.574. The van der Waals surface area contributed by atoms with Crippen molar-refractivity contribution in [1.82, 2.24) is 4.90 Å². The van der Waals surface area contributed by atoms with Crippen molar-refractivity contribution < 1.29 is 13.9 Å². The summed E-state index contributed by atoms with van der Waals surface area (Å²) in [5, 5.41) is 0. The molecule has 0 saturated carbocycles. The zero-order valence-corrected chi connectivity index (χ0v) is 14.0. The van der Waals surface area contributed by atoms with E-state index in [-0.39, 0.29) is 24.1 Å². The number of carbonyl (C=O) groups is 1. The number of nitrogens with zero attached hydrogens (tertiary/aromatic N) is 1. The highest BCUT2D eigenvalue weighted by Gasteiger charge is 2.45. The number of benzene rings is 1. The maximum atomic E-state index is 13.2. The van der Waals surface area contributed by atoms with E-state index in [1.54, 1.807) is 12.1 Å². The van der Waals surface area contributed by atoms with Gasteiger partial charge in [0.1, 0.15) is 5.82 Å². The minimum absolute atomic E-state index is 0. The molecule has 2 aliphatic heterocycles. The van der Waals surface area contributed by atoms with E-state index in [1.165, 1.54) is 12.1 Å². The molecule has 0 radical (unpaired) electrons. The molecular weight excluding hydrogens is 319 g/mol. The summed E-state index contributed by atoms with van der Waals surface area (Å²) in [7, 11) is 0. The number of carbonyl (C=O) groups excluding carboxylic acids is 1. The van der Waals surface area contributed by atoms with Gasteiger partial charge in [-0.15, -0.1) is 12.4 Å². The van der Waals surface area contributed by atoms with Gasteiger partial charge in [0.2, 0.25) is 5.91 Å². The van der Waals surface area contributed by atoms with Gasteiger partial charge in [-0.3, -0.25) is 4.79 Å². The van der Waals surface area contributed by atoms with Crippen molar-refractivity contribution in [2.24, 2.45) is 11.7 Å². The standard InChI is InChI=1S/C17H23FN2O2.ClH/c18-15-3-1-14(2-4-15)17(6-9-22-10-7-17)16(21)20-8-5-13(11-19)12-20;/h1-4,13H,5-12,19H2;1H. The Kier molecular flexibility index (Phi) is 6.00. The SMILES string of the molecule is Cl.NCC1CCN(C(=O)C2(c3ccc(F)cc3)CCOCC2)C1. The van der Waals surface area contributed by atoms with Gasteiger partial charge in [0.15, 0.2) is 0 Å². The average molecular weight is 343 g/mol. The third-order valence-corrected chi connectivity index (χ3v) is 5.06. The molecule has 23 heavy (non-hydrogen) atoms. The zero-order chi connectivity index (χ0) is 15.6. The number of halogens is 2. The van der Waals surface area contributed by atoms with E-state index < -0.39 is 5.41 Å². The Morgan fingerprint density at radius 1 is 1.30 bits per heavy atom.